The summed E-state index contributed by atoms with van der Waals surface area (Å²) < 4.78 is 4.90. The summed E-state index contributed by atoms with van der Waals surface area (Å²) >= 11 is 0. The van der Waals surface area contributed by atoms with Crippen molar-refractivity contribution in [1.82, 2.24) is 0 Å². The standard InChI is InChI=1S/C9H16O/c1-5-6-8(2)7-9(3)10-4/h7H,3,5-6H2,1-2,4H3/b8-7-. The van der Waals surface area contributed by atoms with Gasteiger partial charge >= 0.3 is 0 Å². The molecule has 0 bridgehead atoms. The third kappa shape index (κ3) is 4.19. The fourth-order valence-corrected chi connectivity index (χ4v) is 0.800. The first-order valence-electron chi connectivity index (χ1n) is 3.60. The van der Waals surface area contributed by atoms with Gasteiger partial charge in [-0.2, -0.15) is 0 Å². The Bertz CT molecular complexity index is 134. The molecule has 0 saturated heterocycles. The van der Waals surface area contributed by atoms with Gasteiger partial charge in [0.25, 0.3) is 0 Å². The van der Waals surface area contributed by atoms with Crippen molar-refractivity contribution in [3.8, 4) is 0 Å². The number of allylic oxidation sites excluding steroid dienone is 2. The van der Waals surface area contributed by atoms with Crippen molar-refractivity contribution in [2.75, 3.05) is 7.11 Å². The zero-order chi connectivity index (χ0) is 7.98. The van der Waals surface area contributed by atoms with E-state index in [1.165, 1.54) is 12.0 Å². The van der Waals surface area contributed by atoms with Crippen LogP contribution in [0.4, 0.5) is 0 Å². The number of rotatable bonds is 4. The Hall–Kier alpha value is -0.720. The lowest BCUT2D eigenvalue weighted by Gasteiger charge is -1.99. The van der Waals surface area contributed by atoms with Crippen LogP contribution in [0, 0.1) is 0 Å². The van der Waals surface area contributed by atoms with Crippen LogP contribution in [0.25, 0.3) is 0 Å². The zero-order valence-corrected chi connectivity index (χ0v) is 7.11. The Balaban J connectivity index is 3.77. The summed E-state index contributed by atoms with van der Waals surface area (Å²) in [6, 6.07) is 0. The van der Waals surface area contributed by atoms with Gasteiger partial charge in [0.1, 0.15) is 5.76 Å². The lowest BCUT2D eigenvalue weighted by atomic mass is 10.1. The van der Waals surface area contributed by atoms with Gasteiger partial charge in [0.2, 0.25) is 0 Å². The van der Waals surface area contributed by atoms with Gasteiger partial charge in [-0.3, -0.25) is 0 Å². The molecule has 10 heavy (non-hydrogen) atoms. The summed E-state index contributed by atoms with van der Waals surface area (Å²) in [4.78, 5) is 0. The summed E-state index contributed by atoms with van der Waals surface area (Å²) in [5.74, 6) is 0.742. The number of methoxy groups -OCH3 is 1. The van der Waals surface area contributed by atoms with E-state index in [9.17, 15) is 0 Å². The molecule has 0 amide bonds. The highest BCUT2D eigenvalue weighted by Crippen LogP contribution is 2.06. The van der Waals surface area contributed by atoms with E-state index in [4.69, 9.17) is 4.74 Å². The highest BCUT2D eigenvalue weighted by atomic mass is 16.5. The van der Waals surface area contributed by atoms with Crippen LogP contribution in [0.2, 0.25) is 0 Å². The van der Waals surface area contributed by atoms with E-state index >= 15 is 0 Å². The smallest absolute Gasteiger partial charge is 0.111 e. The lowest BCUT2D eigenvalue weighted by molar-refractivity contribution is 0.308. The van der Waals surface area contributed by atoms with Crippen LogP contribution < -0.4 is 0 Å². The molecule has 0 aromatic heterocycles. The predicted octanol–water partition coefficient (Wildman–Crippen LogP) is 2.89. The molecule has 0 N–H and O–H groups in total. The monoisotopic (exact) mass is 140 g/mol. The number of ether oxygens (including phenoxy) is 1. The van der Waals surface area contributed by atoms with Gasteiger partial charge in [-0.15, -0.1) is 0 Å². The fraction of sp³-hybridized carbons (Fsp3) is 0.556. The van der Waals surface area contributed by atoms with Gasteiger partial charge < -0.3 is 4.74 Å². The van der Waals surface area contributed by atoms with Crippen LogP contribution >= 0.6 is 0 Å². The van der Waals surface area contributed by atoms with Crippen LogP contribution in [0.5, 0.6) is 0 Å². The molecule has 0 rings (SSSR count). The van der Waals surface area contributed by atoms with E-state index in [1.807, 2.05) is 6.08 Å². The molecule has 0 fully saturated rings. The first-order valence-corrected chi connectivity index (χ1v) is 3.60. The minimum atomic E-state index is 0.742. The third-order valence-electron chi connectivity index (χ3n) is 1.31. The van der Waals surface area contributed by atoms with E-state index in [0.717, 1.165) is 12.2 Å². The van der Waals surface area contributed by atoms with Crippen molar-refractivity contribution in [3.63, 3.8) is 0 Å². The van der Waals surface area contributed by atoms with Gasteiger partial charge in [-0.1, -0.05) is 25.5 Å². The van der Waals surface area contributed by atoms with Crippen LogP contribution in [0.3, 0.4) is 0 Å². The van der Waals surface area contributed by atoms with Crippen molar-refractivity contribution in [2.45, 2.75) is 26.7 Å². The maximum atomic E-state index is 4.90. The number of hydrogen-bond donors (Lipinski definition) is 0. The minimum absolute atomic E-state index is 0.742. The fourth-order valence-electron chi connectivity index (χ4n) is 0.800. The van der Waals surface area contributed by atoms with Crippen LogP contribution in [0.1, 0.15) is 26.7 Å². The Morgan fingerprint density at radius 2 is 2.20 bits per heavy atom. The van der Waals surface area contributed by atoms with Gasteiger partial charge in [0.05, 0.1) is 7.11 Å². The molecule has 0 unspecified atom stereocenters. The Morgan fingerprint density at radius 1 is 1.60 bits per heavy atom. The number of hydrogen-bond acceptors (Lipinski definition) is 1. The van der Waals surface area contributed by atoms with Crippen LogP contribution in [0.15, 0.2) is 24.0 Å². The van der Waals surface area contributed by atoms with Crippen LogP contribution in [-0.4, -0.2) is 7.11 Å². The molecule has 1 nitrogen and oxygen atoms in total. The molecular weight excluding hydrogens is 124 g/mol. The Kier molecular flexibility index (Phi) is 4.73. The molecule has 1 heteroatoms. The van der Waals surface area contributed by atoms with Crippen molar-refractivity contribution in [3.05, 3.63) is 24.0 Å². The molecule has 0 heterocycles. The maximum absolute atomic E-state index is 4.90. The molecule has 0 aliphatic rings. The molecule has 0 radical (unpaired) electrons. The highest BCUT2D eigenvalue weighted by Gasteiger charge is 1.88. The van der Waals surface area contributed by atoms with E-state index in [1.54, 1.807) is 7.11 Å². The predicted molar refractivity (Wildman–Crippen MR) is 44.8 cm³/mol. The van der Waals surface area contributed by atoms with Crippen molar-refractivity contribution < 1.29 is 4.74 Å². The summed E-state index contributed by atoms with van der Waals surface area (Å²) in [7, 11) is 1.64. The lowest BCUT2D eigenvalue weighted by Crippen LogP contribution is -1.81. The third-order valence-corrected chi connectivity index (χ3v) is 1.31. The van der Waals surface area contributed by atoms with Crippen molar-refractivity contribution in [2.24, 2.45) is 0 Å². The molecule has 0 saturated carbocycles. The molecule has 0 atom stereocenters. The average molecular weight is 140 g/mol. The average Bonchev–Trinajstić information content (AvgIpc) is 1.88. The molecule has 0 aromatic carbocycles. The minimum Gasteiger partial charge on any atom is -0.497 e. The van der Waals surface area contributed by atoms with E-state index in [2.05, 4.69) is 20.4 Å². The Labute approximate surface area is 63.4 Å². The van der Waals surface area contributed by atoms with Crippen molar-refractivity contribution >= 4 is 0 Å². The Morgan fingerprint density at radius 3 is 2.60 bits per heavy atom. The molecule has 0 aliphatic carbocycles. The summed E-state index contributed by atoms with van der Waals surface area (Å²) in [5, 5.41) is 0. The first-order chi connectivity index (χ1) is 4.70. The molecule has 0 aliphatic heterocycles. The zero-order valence-electron chi connectivity index (χ0n) is 7.11. The SMILES string of the molecule is C=C(/C=C(/C)CCC)OC. The van der Waals surface area contributed by atoms with Crippen LogP contribution in [-0.2, 0) is 4.74 Å². The quantitative estimate of drug-likeness (QED) is 0.431. The second-order valence-electron chi connectivity index (χ2n) is 2.41. The summed E-state index contributed by atoms with van der Waals surface area (Å²) in [6.07, 6.45) is 4.28. The van der Waals surface area contributed by atoms with Gasteiger partial charge in [0.15, 0.2) is 0 Å². The second kappa shape index (κ2) is 5.10. The molecule has 0 spiro atoms. The summed E-state index contributed by atoms with van der Waals surface area (Å²) in [5.41, 5.74) is 1.33. The first kappa shape index (κ1) is 9.28. The largest absolute Gasteiger partial charge is 0.497 e. The van der Waals surface area contributed by atoms with Gasteiger partial charge in [-0.25, -0.2) is 0 Å². The van der Waals surface area contributed by atoms with E-state index in [-0.39, 0.29) is 0 Å². The molecular formula is C9H16O. The maximum Gasteiger partial charge on any atom is 0.111 e. The molecule has 0 aromatic rings. The normalized spacial score (nSPS) is 11.3. The van der Waals surface area contributed by atoms with Crippen molar-refractivity contribution in [1.29, 1.82) is 0 Å². The highest BCUT2D eigenvalue weighted by molar-refractivity contribution is 5.13. The van der Waals surface area contributed by atoms with E-state index in [0.29, 0.717) is 0 Å². The van der Waals surface area contributed by atoms with Gasteiger partial charge in [0, 0.05) is 0 Å². The molecule has 58 valence electrons. The topological polar surface area (TPSA) is 9.23 Å². The second-order valence-corrected chi connectivity index (χ2v) is 2.41. The van der Waals surface area contributed by atoms with Gasteiger partial charge in [-0.05, 0) is 19.4 Å². The van der Waals surface area contributed by atoms with E-state index < -0.39 is 0 Å². The summed E-state index contributed by atoms with van der Waals surface area (Å²) in [6.45, 7) is 7.95.